The molecule has 0 aromatic heterocycles. The number of carbonyl (C=O) groups excluding carboxylic acids is 1. The molecule has 4 nitrogen and oxygen atoms in total. The highest BCUT2D eigenvalue weighted by Gasteiger charge is 2.24. The Bertz CT molecular complexity index is 490. The quantitative estimate of drug-likeness (QED) is 0.741. The van der Waals surface area contributed by atoms with Gasteiger partial charge in [0.25, 0.3) is 0 Å². The molecule has 1 aromatic carbocycles. The SMILES string of the molecule is Cc1cc(C)c(O)c(NC(=O)C(CN)CC(C)(C)C)c1. The van der Waals surface area contributed by atoms with Crippen molar-refractivity contribution in [2.75, 3.05) is 11.9 Å². The largest absolute Gasteiger partial charge is 0.505 e. The molecule has 0 fully saturated rings. The molecule has 0 aliphatic heterocycles. The number of aromatic hydroxyl groups is 1. The topological polar surface area (TPSA) is 75.3 Å². The molecule has 0 heterocycles. The molecule has 4 heteroatoms. The van der Waals surface area contributed by atoms with E-state index in [4.69, 9.17) is 5.73 Å². The van der Waals surface area contributed by atoms with E-state index in [9.17, 15) is 9.90 Å². The van der Waals surface area contributed by atoms with Gasteiger partial charge in [-0.15, -0.1) is 0 Å². The second-order valence-electron chi connectivity index (χ2n) is 6.66. The summed E-state index contributed by atoms with van der Waals surface area (Å²) in [5.74, 6) is -0.270. The molecule has 4 N–H and O–H groups in total. The number of hydrogen-bond donors (Lipinski definition) is 3. The van der Waals surface area contributed by atoms with Gasteiger partial charge >= 0.3 is 0 Å². The summed E-state index contributed by atoms with van der Waals surface area (Å²) in [6, 6.07) is 3.64. The lowest BCUT2D eigenvalue weighted by Gasteiger charge is -2.24. The van der Waals surface area contributed by atoms with Crippen molar-refractivity contribution in [1.29, 1.82) is 0 Å². The predicted octanol–water partition coefficient (Wildman–Crippen LogP) is 2.96. The van der Waals surface area contributed by atoms with Gasteiger partial charge in [-0.3, -0.25) is 4.79 Å². The molecule has 0 radical (unpaired) electrons. The lowest BCUT2D eigenvalue weighted by atomic mass is 9.84. The van der Waals surface area contributed by atoms with E-state index in [1.54, 1.807) is 6.07 Å². The molecular weight excluding hydrogens is 252 g/mol. The van der Waals surface area contributed by atoms with Crippen LogP contribution in [-0.4, -0.2) is 17.6 Å². The van der Waals surface area contributed by atoms with Gasteiger partial charge in [0.15, 0.2) is 0 Å². The van der Waals surface area contributed by atoms with Crippen LogP contribution in [0, 0.1) is 25.2 Å². The summed E-state index contributed by atoms with van der Waals surface area (Å²) in [6.45, 7) is 10.3. The van der Waals surface area contributed by atoms with E-state index < -0.39 is 0 Å². The molecule has 0 saturated heterocycles. The molecule has 1 unspecified atom stereocenters. The van der Waals surface area contributed by atoms with Crippen LogP contribution in [0.4, 0.5) is 5.69 Å². The van der Waals surface area contributed by atoms with Gasteiger partial charge in [-0.2, -0.15) is 0 Å². The molecule has 0 aliphatic rings. The summed E-state index contributed by atoms with van der Waals surface area (Å²) in [7, 11) is 0. The van der Waals surface area contributed by atoms with Crippen molar-refractivity contribution in [1.82, 2.24) is 0 Å². The highest BCUT2D eigenvalue weighted by atomic mass is 16.3. The Balaban J connectivity index is 2.89. The zero-order chi connectivity index (χ0) is 15.5. The first kappa shape index (κ1) is 16.5. The number of hydrogen-bond acceptors (Lipinski definition) is 3. The number of carbonyl (C=O) groups is 1. The minimum Gasteiger partial charge on any atom is -0.505 e. The summed E-state index contributed by atoms with van der Waals surface area (Å²) in [4.78, 5) is 12.3. The normalized spacial score (nSPS) is 13.1. The van der Waals surface area contributed by atoms with E-state index in [2.05, 4.69) is 26.1 Å². The molecule has 0 saturated carbocycles. The van der Waals surface area contributed by atoms with Crippen LogP contribution >= 0.6 is 0 Å². The zero-order valence-corrected chi connectivity index (χ0v) is 13.1. The number of nitrogens with one attached hydrogen (secondary N) is 1. The van der Waals surface area contributed by atoms with Gasteiger partial charge in [-0.1, -0.05) is 26.8 Å². The van der Waals surface area contributed by atoms with Gasteiger partial charge in [0.05, 0.1) is 11.6 Å². The van der Waals surface area contributed by atoms with Gasteiger partial charge in [0, 0.05) is 6.54 Å². The second-order valence-corrected chi connectivity index (χ2v) is 6.66. The molecule has 0 aliphatic carbocycles. The van der Waals surface area contributed by atoms with Crippen molar-refractivity contribution < 1.29 is 9.90 Å². The van der Waals surface area contributed by atoms with Gasteiger partial charge in [0.1, 0.15) is 5.75 Å². The molecule has 0 bridgehead atoms. The average molecular weight is 278 g/mol. The van der Waals surface area contributed by atoms with Crippen molar-refractivity contribution in [3.05, 3.63) is 23.3 Å². The lowest BCUT2D eigenvalue weighted by molar-refractivity contribution is -0.120. The Morgan fingerprint density at radius 2 is 1.95 bits per heavy atom. The van der Waals surface area contributed by atoms with E-state index in [-0.39, 0.29) is 23.0 Å². The van der Waals surface area contributed by atoms with Crippen LogP contribution in [0.3, 0.4) is 0 Å². The fourth-order valence-corrected chi connectivity index (χ4v) is 2.31. The van der Waals surface area contributed by atoms with Crippen molar-refractivity contribution >= 4 is 11.6 Å². The lowest BCUT2D eigenvalue weighted by Crippen LogP contribution is -2.32. The highest BCUT2D eigenvalue weighted by molar-refractivity contribution is 5.94. The fourth-order valence-electron chi connectivity index (χ4n) is 2.31. The number of aryl methyl sites for hydroxylation is 2. The van der Waals surface area contributed by atoms with E-state index in [0.717, 1.165) is 11.1 Å². The third-order valence-electron chi connectivity index (χ3n) is 3.22. The Hall–Kier alpha value is -1.55. The highest BCUT2D eigenvalue weighted by Crippen LogP contribution is 2.30. The van der Waals surface area contributed by atoms with Crippen molar-refractivity contribution in [2.45, 2.75) is 41.0 Å². The summed E-state index contributed by atoms with van der Waals surface area (Å²) in [5.41, 5.74) is 7.95. The third-order valence-corrected chi connectivity index (χ3v) is 3.22. The van der Waals surface area contributed by atoms with Gasteiger partial charge in [-0.25, -0.2) is 0 Å². The zero-order valence-electron chi connectivity index (χ0n) is 13.1. The van der Waals surface area contributed by atoms with Crippen LogP contribution in [0.2, 0.25) is 0 Å². The Labute approximate surface area is 121 Å². The van der Waals surface area contributed by atoms with Crippen LogP contribution in [0.15, 0.2) is 12.1 Å². The summed E-state index contributed by atoms with van der Waals surface area (Å²) in [5, 5.41) is 12.8. The maximum absolute atomic E-state index is 12.3. The number of benzene rings is 1. The maximum Gasteiger partial charge on any atom is 0.228 e. The summed E-state index contributed by atoms with van der Waals surface area (Å²) < 4.78 is 0. The Morgan fingerprint density at radius 1 is 1.35 bits per heavy atom. The number of phenols is 1. The predicted molar refractivity (Wildman–Crippen MR) is 82.8 cm³/mol. The number of nitrogens with two attached hydrogens (primary N) is 1. The van der Waals surface area contributed by atoms with Crippen LogP contribution < -0.4 is 11.1 Å². The van der Waals surface area contributed by atoms with Crippen LogP contribution in [0.1, 0.15) is 38.3 Å². The smallest absolute Gasteiger partial charge is 0.228 e. The van der Waals surface area contributed by atoms with Crippen LogP contribution in [0.25, 0.3) is 0 Å². The van der Waals surface area contributed by atoms with Gasteiger partial charge in [0.2, 0.25) is 5.91 Å². The standard InChI is InChI=1S/C16H26N2O2/c1-10-6-11(2)14(19)13(7-10)18-15(20)12(9-17)8-16(3,4)5/h6-7,12,19H,8-9,17H2,1-5H3,(H,18,20). The van der Waals surface area contributed by atoms with Crippen molar-refractivity contribution in [3.8, 4) is 5.75 Å². The minimum absolute atomic E-state index is 0.0337. The molecule has 1 atom stereocenters. The van der Waals surface area contributed by atoms with Crippen molar-refractivity contribution in [2.24, 2.45) is 17.1 Å². The first-order valence-corrected chi connectivity index (χ1v) is 6.95. The first-order valence-electron chi connectivity index (χ1n) is 6.95. The number of rotatable bonds is 4. The molecule has 0 spiro atoms. The number of amides is 1. The van der Waals surface area contributed by atoms with E-state index in [1.807, 2.05) is 19.9 Å². The number of phenolic OH excluding ortho intramolecular Hbond substituents is 1. The van der Waals surface area contributed by atoms with Gasteiger partial charge < -0.3 is 16.2 Å². The summed E-state index contributed by atoms with van der Waals surface area (Å²) in [6.07, 6.45) is 0.709. The molecule has 1 aromatic rings. The third kappa shape index (κ3) is 4.53. The Morgan fingerprint density at radius 3 is 2.45 bits per heavy atom. The minimum atomic E-state index is -0.254. The first-order chi connectivity index (χ1) is 9.14. The molecule has 20 heavy (non-hydrogen) atoms. The summed E-state index contributed by atoms with van der Waals surface area (Å²) >= 11 is 0. The molecule has 1 amide bonds. The second kappa shape index (κ2) is 6.27. The van der Waals surface area contributed by atoms with E-state index >= 15 is 0 Å². The monoisotopic (exact) mass is 278 g/mol. The van der Waals surface area contributed by atoms with Gasteiger partial charge in [-0.05, 0) is 42.9 Å². The molecule has 1 rings (SSSR count). The average Bonchev–Trinajstić information content (AvgIpc) is 2.31. The van der Waals surface area contributed by atoms with Crippen LogP contribution in [0.5, 0.6) is 5.75 Å². The van der Waals surface area contributed by atoms with E-state index in [0.29, 0.717) is 18.7 Å². The Kier molecular flexibility index (Phi) is 5.17. The molecular formula is C16H26N2O2. The number of anilines is 1. The maximum atomic E-state index is 12.3. The van der Waals surface area contributed by atoms with Crippen molar-refractivity contribution in [3.63, 3.8) is 0 Å². The van der Waals surface area contributed by atoms with E-state index in [1.165, 1.54) is 0 Å². The molecule has 112 valence electrons. The van der Waals surface area contributed by atoms with Crippen LogP contribution in [-0.2, 0) is 4.79 Å². The fraction of sp³-hybridized carbons (Fsp3) is 0.562.